The number of amides is 2. The van der Waals surface area contributed by atoms with Crippen molar-refractivity contribution >= 4 is 58.3 Å². The fourth-order valence-electron chi connectivity index (χ4n) is 2.06. The third-order valence-corrected chi connectivity index (χ3v) is 5.12. The Morgan fingerprint density at radius 1 is 1.21 bits per heavy atom. The van der Waals surface area contributed by atoms with Gasteiger partial charge in [-0.3, -0.25) is 9.59 Å². The molecule has 150 valence electrons. The number of rotatable bonds is 9. The van der Waals surface area contributed by atoms with E-state index in [4.69, 9.17) is 23.2 Å². The van der Waals surface area contributed by atoms with Crippen molar-refractivity contribution in [1.82, 2.24) is 10.3 Å². The van der Waals surface area contributed by atoms with Gasteiger partial charge in [0.2, 0.25) is 11.8 Å². The van der Waals surface area contributed by atoms with E-state index in [9.17, 15) is 14.0 Å². The van der Waals surface area contributed by atoms with Crippen molar-refractivity contribution in [3.63, 3.8) is 0 Å². The van der Waals surface area contributed by atoms with E-state index in [-0.39, 0.29) is 23.4 Å². The Hall–Kier alpha value is -2.03. The van der Waals surface area contributed by atoms with Gasteiger partial charge < -0.3 is 16.0 Å². The third kappa shape index (κ3) is 7.53. The average molecular weight is 445 g/mol. The first-order chi connectivity index (χ1) is 13.3. The summed E-state index contributed by atoms with van der Waals surface area (Å²) < 4.78 is 12.8. The zero-order valence-electron chi connectivity index (χ0n) is 15.0. The van der Waals surface area contributed by atoms with E-state index in [0.717, 1.165) is 0 Å². The van der Waals surface area contributed by atoms with Crippen LogP contribution in [0.25, 0.3) is 0 Å². The SMILES string of the molecule is CC(SCC(=O)Nc1ccc(F)cc1)C(=O)NCCNc1ncc(Cl)cc1Cl. The van der Waals surface area contributed by atoms with E-state index in [1.807, 2.05) is 0 Å². The van der Waals surface area contributed by atoms with Crippen molar-refractivity contribution in [3.8, 4) is 0 Å². The fourth-order valence-corrected chi connectivity index (χ4v) is 3.22. The molecule has 3 N–H and O–H groups in total. The highest BCUT2D eigenvalue weighted by atomic mass is 35.5. The first kappa shape index (κ1) is 22.3. The Kier molecular flexibility index (Phi) is 8.82. The molecule has 28 heavy (non-hydrogen) atoms. The molecule has 6 nitrogen and oxygen atoms in total. The predicted molar refractivity (Wildman–Crippen MR) is 113 cm³/mol. The second kappa shape index (κ2) is 11.1. The van der Waals surface area contributed by atoms with Gasteiger partial charge in [0.05, 0.1) is 21.0 Å². The summed E-state index contributed by atoms with van der Waals surface area (Å²) in [5, 5.41) is 8.85. The normalized spacial score (nSPS) is 11.6. The molecule has 0 saturated carbocycles. The van der Waals surface area contributed by atoms with Gasteiger partial charge in [0.25, 0.3) is 0 Å². The van der Waals surface area contributed by atoms with Gasteiger partial charge in [-0.25, -0.2) is 9.37 Å². The number of halogens is 3. The van der Waals surface area contributed by atoms with Gasteiger partial charge in [0.1, 0.15) is 11.6 Å². The van der Waals surface area contributed by atoms with Crippen molar-refractivity contribution in [2.45, 2.75) is 12.2 Å². The number of pyridine rings is 1. The molecule has 0 spiro atoms. The number of hydrogen-bond donors (Lipinski definition) is 3. The molecule has 0 aliphatic heterocycles. The van der Waals surface area contributed by atoms with E-state index in [0.29, 0.717) is 34.6 Å². The summed E-state index contributed by atoms with van der Waals surface area (Å²) in [6, 6.07) is 7.05. The van der Waals surface area contributed by atoms with Crippen LogP contribution in [0.1, 0.15) is 6.92 Å². The molecule has 10 heteroatoms. The highest BCUT2D eigenvalue weighted by Crippen LogP contribution is 2.22. The highest BCUT2D eigenvalue weighted by Gasteiger charge is 2.15. The second-order valence-electron chi connectivity index (χ2n) is 5.71. The van der Waals surface area contributed by atoms with Crippen LogP contribution in [0.15, 0.2) is 36.5 Å². The maximum absolute atomic E-state index is 12.8. The second-order valence-corrected chi connectivity index (χ2v) is 7.88. The molecule has 0 fully saturated rings. The summed E-state index contributed by atoms with van der Waals surface area (Å²) in [6.45, 7) is 2.52. The molecule has 0 saturated heterocycles. The molecule has 1 heterocycles. The van der Waals surface area contributed by atoms with Crippen LogP contribution >= 0.6 is 35.0 Å². The first-order valence-corrected chi connectivity index (χ1v) is 10.2. The van der Waals surface area contributed by atoms with Gasteiger partial charge in [0, 0.05) is 25.0 Å². The Balaban J connectivity index is 1.65. The minimum atomic E-state index is -0.406. The van der Waals surface area contributed by atoms with Crippen molar-refractivity contribution in [2.75, 3.05) is 29.5 Å². The van der Waals surface area contributed by atoms with Crippen LogP contribution in [0.4, 0.5) is 15.9 Å². The summed E-state index contributed by atoms with van der Waals surface area (Å²) >= 11 is 13.0. The lowest BCUT2D eigenvalue weighted by Gasteiger charge is -2.13. The molecular formula is C18H19Cl2FN4O2S. The Morgan fingerprint density at radius 2 is 1.93 bits per heavy atom. The molecule has 1 aromatic carbocycles. The number of anilines is 2. The van der Waals surface area contributed by atoms with Gasteiger partial charge >= 0.3 is 0 Å². The van der Waals surface area contributed by atoms with Crippen LogP contribution in [-0.2, 0) is 9.59 Å². The Labute approximate surface area is 176 Å². The van der Waals surface area contributed by atoms with Gasteiger partial charge in [-0.2, -0.15) is 0 Å². The standard InChI is InChI=1S/C18H19Cl2FN4O2S/c1-11(28-10-16(26)25-14-4-2-13(21)3-5-14)18(27)23-7-6-22-17-15(20)8-12(19)9-24-17/h2-5,8-9,11H,6-7,10H2,1H3,(H,22,24)(H,23,27)(H,25,26). The monoisotopic (exact) mass is 444 g/mol. The third-order valence-electron chi connectivity index (χ3n) is 3.49. The molecule has 0 radical (unpaired) electrons. The van der Waals surface area contributed by atoms with E-state index in [1.54, 1.807) is 13.0 Å². The smallest absolute Gasteiger partial charge is 0.234 e. The van der Waals surface area contributed by atoms with E-state index >= 15 is 0 Å². The van der Waals surface area contributed by atoms with Crippen LogP contribution in [0.2, 0.25) is 10.0 Å². The predicted octanol–water partition coefficient (Wildman–Crippen LogP) is 3.82. The molecule has 2 rings (SSSR count). The van der Waals surface area contributed by atoms with Gasteiger partial charge in [-0.15, -0.1) is 11.8 Å². The van der Waals surface area contributed by atoms with Crippen LogP contribution in [0.5, 0.6) is 0 Å². The van der Waals surface area contributed by atoms with E-state index < -0.39 is 5.25 Å². The zero-order chi connectivity index (χ0) is 20.5. The number of carbonyl (C=O) groups is 2. The van der Waals surface area contributed by atoms with Crippen LogP contribution in [0, 0.1) is 5.82 Å². The number of hydrogen-bond acceptors (Lipinski definition) is 5. The molecule has 0 aliphatic carbocycles. The first-order valence-electron chi connectivity index (χ1n) is 8.35. The van der Waals surface area contributed by atoms with Gasteiger partial charge in [-0.05, 0) is 37.3 Å². The Morgan fingerprint density at radius 3 is 2.61 bits per heavy atom. The highest BCUT2D eigenvalue weighted by molar-refractivity contribution is 8.01. The average Bonchev–Trinajstić information content (AvgIpc) is 2.66. The summed E-state index contributed by atoms with van der Waals surface area (Å²) in [6.07, 6.45) is 1.48. The molecule has 1 atom stereocenters. The van der Waals surface area contributed by atoms with E-state index in [2.05, 4.69) is 20.9 Å². The molecule has 0 bridgehead atoms. The molecule has 1 aromatic heterocycles. The summed E-state index contributed by atoms with van der Waals surface area (Å²) in [5.41, 5.74) is 0.504. The van der Waals surface area contributed by atoms with Crippen LogP contribution < -0.4 is 16.0 Å². The summed E-state index contributed by atoms with van der Waals surface area (Å²) in [5.74, 6) is -0.228. The topological polar surface area (TPSA) is 83.1 Å². The summed E-state index contributed by atoms with van der Waals surface area (Å²) in [4.78, 5) is 28.0. The van der Waals surface area contributed by atoms with Crippen molar-refractivity contribution < 1.29 is 14.0 Å². The van der Waals surface area contributed by atoms with Crippen LogP contribution in [-0.4, -0.2) is 40.9 Å². The van der Waals surface area contributed by atoms with Crippen LogP contribution in [0.3, 0.4) is 0 Å². The maximum Gasteiger partial charge on any atom is 0.234 e. The quantitative estimate of drug-likeness (QED) is 0.512. The minimum Gasteiger partial charge on any atom is -0.367 e. The number of thioether (sulfide) groups is 1. The van der Waals surface area contributed by atoms with Crippen molar-refractivity contribution in [1.29, 1.82) is 0 Å². The fraction of sp³-hybridized carbons (Fsp3) is 0.278. The molecular weight excluding hydrogens is 426 g/mol. The Bertz CT molecular complexity index is 824. The molecule has 2 amide bonds. The molecule has 0 aliphatic rings. The van der Waals surface area contributed by atoms with E-state index in [1.165, 1.54) is 42.2 Å². The zero-order valence-corrected chi connectivity index (χ0v) is 17.3. The van der Waals surface area contributed by atoms with Gasteiger partial charge in [0.15, 0.2) is 0 Å². The lowest BCUT2D eigenvalue weighted by atomic mass is 10.3. The number of nitrogens with zero attached hydrogens (tertiary/aromatic N) is 1. The minimum absolute atomic E-state index is 0.106. The number of benzene rings is 1. The summed E-state index contributed by atoms with van der Waals surface area (Å²) in [7, 11) is 0. The van der Waals surface area contributed by atoms with Crippen molar-refractivity contribution in [2.24, 2.45) is 0 Å². The maximum atomic E-state index is 12.8. The molecule has 2 aromatic rings. The number of nitrogens with one attached hydrogen (secondary N) is 3. The lowest BCUT2D eigenvalue weighted by molar-refractivity contribution is -0.120. The van der Waals surface area contributed by atoms with Gasteiger partial charge in [-0.1, -0.05) is 23.2 Å². The van der Waals surface area contributed by atoms with Crippen molar-refractivity contribution in [3.05, 3.63) is 52.4 Å². The molecule has 1 unspecified atom stereocenters. The largest absolute Gasteiger partial charge is 0.367 e. The lowest BCUT2D eigenvalue weighted by Crippen LogP contribution is -2.35. The number of carbonyl (C=O) groups excluding carboxylic acids is 2. The number of aromatic nitrogens is 1.